The van der Waals surface area contributed by atoms with Crippen LogP contribution in [0.15, 0.2) is 158 Å². The second-order valence-corrected chi connectivity index (χ2v) is 22.3. The maximum absolute atomic E-state index is 6.52. The lowest BCUT2D eigenvalue weighted by Gasteiger charge is -2.22. The fourth-order valence-electron chi connectivity index (χ4n) is 8.94. The summed E-state index contributed by atoms with van der Waals surface area (Å²) in [6, 6.07) is 57.1. The number of ether oxygens (including phenoxy) is 4. The molecule has 348 valence electrons. The van der Waals surface area contributed by atoms with Gasteiger partial charge in [0.25, 0.3) is 0 Å². The Morgan fingerprint density at radius 2 is 0.439 bits per heavy atom. The zero-order valence-electron chi connectivity index (χ0n) is 39.5. The number of para-hydroxylation sites is 4. The second-order valence-electron chi connectivity index (χ2n) is 17.9. The van der Waals surface area contributed by atoms with Crippen molar-refractivity contribution in [3.8, 4) is 23.0 Å². The summed E-state index contributed by atoms with van der Waals surface area (Å²) < 4.78 is 26.1. The van der Waals surface area contributed by atoms with Crippen molar-refractivity contribution in [2.24, 2.45) is 0 Å². The minimum atomic E-state index is -0.520. The van der Waals surface area contributed by atoms with E-state index in [1.165, 1.54) is 110 Å². The van der Waals surface area contributed by atoms with Gasteiger partial charge in [-0.05, 0) is 82.8 Å². The molecule has 0 atom stereocenters. The molecule has 6 heteroatoms. The van der Waals surface area contributed by atoms with Crippen molar-refractivity contribution >= 4 is 26.5 Å². The van der Waals surface area contributed by atoms with Gasteiger partial charge in [-0.25, -0.2) is 0 Å². The van der Waals surface area contributed by atoms with Gasteiger partial charge in [0.15, 0.2) is 0 Å². The van der Waals surface area contributed by atoms with E-state index in [1.807, 2.05) is 0 Å². The molecular formula is C60H74O4P2. The standard InChI is InChI=1S/C60H74O4P2/c1-2-6-10-28-44-62-58-40-24-20-32-52(58)48-66(56-37-17-14-18-38-56)50-54-34-22-26-42-60(54)64-46-30-12-8-4-3-7-11-29-45-63-59-41-25-21-33-53(59)49-65(55-35-15-13-16-36-55)47-51-31-19-23-39-57(51)61-43-27-9-5-1/h13-26,31-42H,1-12,27-30,43-50H2. The summed E-state index contributed by atoms with van der Waals surface area (Å²) in [5.41, 5.74) is 5.24. The van der Waals surface area contributed by atoms with Crippen LogP contribution in [0.2, 0.25) is 0 Å². The molecule has 6 aromatic rings. The number of hydrogen-bond acceptors (Lipinski definition) is 4. The topological polar surface area (TPSA) is 36.9 Å². The third-order valence-electron chi connectivity index (χ3n) is 12.7. The zero-order valence-corrected chi connectivity index (χ0v) is 41.3. The summed E-state index contributed by atoms with van der Waals surface area (Å²) in [6.07, 6.45) is 23.3. The Labute approximate surface area is 400 Å². The molecule has 1 aliphatic heterocycles. The van der Waals surface area contributed by atoms with Crippen LogP contribution in [0.25, 0.3) is 0 Å². The molecule has 7 rings (SSSR count). The van der Waals surface area contributed by atoms with Gasteiger partial charge in [0.2, 0.25) is 0 Å². The van der Waals surface area contributed by atoms with Crippen LogP contribution in [0.5, 0.6) is 23.0 Å². The zero-order chi connectivity index (χ0) is 45.1. The molecule has 0 N–H and O–H groups in total. The third kappa shape index (κ3) is 16.9. The van der Waals surface area contributed by atoms with Crippen molar-refractivity contribution in [3.63, 3.8) is 0 Å². The minimum Gasteiger partial charge on any atom is -0.493 e. The predicted molar refractivity (Wildman–Crippen MR) is 282 cm³/mol. The Morgan fingerprint density at radius 3 is 0.697 bits per heavy atom. The van der Waals surface area contributed by atoms with Gasteiger partial charge in [-0.15, -0.1) is 0 Å². The highest BCUT2D eigenvalue weighted by Gasteiger charge is 2.19. The average molecular weight is 921 g/mol. The number of rotatable bonds is 2. The molecule has 0 unspecified atom stereocenters. The van der Waals surface area contributed by atoms with Crippen molar-refractivity contribution in [1.82, 2.24) is 0 Å². The van der Waals surface area contributed by atoms with E-state index in [0.29, 0.717) is 0 Å². The highest BCUT2D eigenvalue weighted by molar-refractivity contribution is 7.64. The van der Waals surface area contributed by atoms with Gasteiger partial charge in [-0.2, -0.15) is 0 Å². The summed E-state index contributed by atoms with van der Waals surface area (Å²) in [7, 11) is -1.04. The molecule has 1 heterocycles. The van der Waals surface area contributed by atoms with Gasteiger partial charge in [0.05, 0.1) is 26.4 Å². The van der Waals surface area contributed by atoms with E-state index in [1.54, 1.807) is 0 Å². The van der Waals surface area contributed by atoms with Gasteiger partial charge >= 0.3 is 0 Å². The largest absolute Gasteiger partial charge is 0.493 e. The van der Waals surface area contributed by atoms with E-state index < -0.39 is 15.8 Å². The van der Waals surface area contributed by atoms with E-state index in [0.717, 1.165) is 99.8 Å². The molecular weight excluding hydrogens is 847 g/mol. The van der Waals surface area contributed by atoms with Crippen LogP contribution in [-0.4, -0.2) is 26.4 Å². The van der Waals surface area contributed by atoms with Crippen LogP contribution in [0.1, 0.15) is 125 Å². The molecule has 66 heavy (non-hydrogen) atoms. The van der Waals surface area contributed by atoms with Gasteiger partial charge in [0.1, 0.15) is 23.0 Å². The second kappa shape index (κ2) is 29.2. The first kappa shape index (κ1) is 49.3. The number of hydrogen-bond donors (Lipinski definition) is 0. The van der Waals surface area contributed by atoms with Crippen molar-refractivity contribution in [1.29, 1.82) is 0 Å². The van der Waals surface area contributed by atoms with E-state index in [4.69, 9.17) is 18.9 Å². The van der Waals surface area contributed by atoms with E-state index in [-0.39, 0.29) is 0 Å². The third-order valence-corrected chi connectivity index (χ3v) is 17.6. The maximum atomic E-state index is 6.52. The molecule has 0 amide bonds. The maximum Gasteiger partial charge on any atom is 0.122 e. The van der Waals surface area contributed by atoms with Gasteiger partial charge < -0.3 is 18.9 Å². The molecule has 0 spiro atoms. The van der Waals surface area contributed by atoms with E-state index in [9.17, 15) is 0 Å². The molecule has 0 bridgehead atoms. The van der Waals surface area contributed by atoms with E-state index >= 15 is 0 Å². The molecule has 0 aliphatic carbocycles. The lowest BCUT2D eigenvalue weighted by molar-refractivity contribution is 0.299. The van der Waals surface area contributed by atoms with Gasteiger partial charge in [0, 0.05) is 24.6 Å². The van der Waals surface area contributed by atoms with Crippen molar-refractivity contribution in [2.45, 2.75) is 127 Å². The van der Waals surface area contributed by atoms with Crippen molar-refractivity contribution in [2.75, 3.05) is 26.4 Å². The monoisotopic (exact) mass is 921 g/mol. The molecule has 0 fully saturated rings. The quantitative estimate of drug-likeness (QED) is 0.162. The van der Waals surface area contributed by atoms with Gasteiger partial charge in [-0.1, -0.05) is 226 Å². The number of benzene rings is 6. The summed E-state index contributed by atoms with van der Waals surface area (Å²) in [5, 5.41) is 2.84. The molecule has 0 saturated heterocycles. The normalized spacial score (nSPS) is 18.8. The Bertz CT molecular complexity index is 1950. The highest BCUT2D eigenvalue weighted by Crippen LogP contribution is 2.47. The first-order valence-electron chi connectivity index (χ1n) is 25.2. The van der Waals surface area contributed by atoms with Crippen LogP contribution in [0, 0.1) is 0 Å². The Hall–Kier alpha value is -4.62. The van der Waals surface area contributed by atoms with Crippen LogP contribution >= 0.6 is 15.8 Å². The Morgan fingerprint density at radius 1 is 0.227 bits per heavy atom. The van der Waals surface area contributed by atoms with Crippen LogP contribution in [0.3, 0.4) is 0 Å². The summed E-state index contributed by atoms with van der Waals surface area (Å²) in [4.78, 5) is 0. The van der Waals surface area contributed by atoms with Crippen LogP contribution in [-0.2, 0) is 24.6 Å². The molecule has 4 nitrogen and oxygen atoms in total. The lowest BCUT2D eigenvalue weighted by atomic mass is 10.1. The fourth-order valence-corrected chi connectivity index (χ4v) is 13.8. The van der Waals surface area contributed by atoms with E-state index in [2.05, 4.69) is 158 Å². The Balaban J connectivity index is 0.960. The summed E-state index contributed by atoms with van der Waals surface area (Å²) in [6.45, 7) is 3.07. The van der Waals surface area contributed by atoms with Crippen molar-refractivity contribution in [3.05, 3.63) is 180 Å². The van der Waals surface area contributed by atoms with Crippen LogP contribution in [0.4, 0.5) is 0 Å². The first-order valence-corrected chi connectivity index (χ1v) is 28.7. The first-order chi connectivity index (χ1) is 32.8. The molecule has 1 aliphatic rings. The minimum absolute atomic E-state index is 0.520. The average Bonchev–Trinajstić information content (AvgIpc) is 3.36. The smallest absolute Gasteiger partial charge is 0.122 e. The van der Waals surface area contributed by atoms with Gasteiger partial charge in [-0.3, -0.25) is 0 Å². The molecule has 0 saturated carbocycles. The SMILES string of the molecule is c1ccc(P2Cc3ccccc3OCCCCCCCCCCOc3ccccc3CP(c3ccccc3)Cc3ccccc3OCCCCCCCCCCOc3ccccc3C2)cc1. The van der Waals surface area contributed by atoms with Crippen LogP contribution < -0.4 is 29.6 Å². The lowest BCUT2D eigenvalue weighted by Crippen LogP contribution is -2.07. The predicted octanol–water partition coefficient (Wildman–Crippen LogP) is 16.2. The highest BCUT2D eigenvalue weighted by atomic mass is 31.1. The molecule has 0 aromatic heterocycles. The molecule has 0 radical (unpaired) electrons. The summed E-state index contributed by atoms with van der Waals surface area (Å²) in [5.74, 6) is 4.17. The van der Waals surface area contributed by atoms with Crippen molar-refractivity contribution < 1.29 is 18.9 Å². The summed E-state index contributed by atoms with van der Waals surface area (Å²) >= 11 is 0. The fraction of sp³-hybridized carbons (Fsp3) is 0.400. The number of fused-ring (bicyclic) bond motifs is 4. The molecule has 6 aromatic carbocycles. The Kier molecular flexibility index (Phi) is 21.8.